The van der Waals surface area contributed by atoms with Gasteiger partial charge in [0.15, 0.2) is 0 Å². The van der Waals surface area contributed by atoms with E-state index in [4.69, 9.17) is 11.6 Å². The lowest BCUT2D eigenvalue weighted by Crippen LogP contribution is -1.99. The normalized spacial score (nSPS) is 13.0. The lowest BCUT2D eigenvalue weighted by Gasteiger charge is -2.07. The first-order valence-electron chi connectivity index (χ1n) is 5.66. The van der Waals surface area contributed by atoms with Crippen LogP contribution in [0.15, 0.2) is 32.8 Å². The molecule has 0 bridgehead atoms. The van der Waals surface area contributed by atoms with Gasteiger partial charge in [0, 0.05) is 4.88 Å². The number of thiophene rings is 1. The molecule has 0 amide bonds. The fraction of sp³-hybridized carbons (Fsp3) is 0.154. The van der Waals surface area contributed by atoms with Gasteiger partial charge < -0.3 is 9.97 Å². The van der Waals surface area contributed by atoms with Crippen LogP contribution in [-0.4, -0.2) is 9.97 Å². The number of hydrogen-bond acceptors (Lipinski definition) is 2. The monoisotopic (exact) mass is 356 g/mol. The molecule has 0 aliphatic heterocycles. The number of H-pyrrole nitrogens is 2. The van der Waals surface area contributed by atoms with Gasteiger partial charge in [-0.1, -0.05) is 6.07 Å². The Morgan fingerprint density at radius 3 is 2.68 bits per heavy atom. The third-order valence-electron chi connectivity index (χ3n) is 2.96. The Kier molecular flexibility index (Phi) is 3.28. The van der Waals surface area contributed by atoms with Gasteiger partial charge >= 0.3 is 5.69 Å². The lowest BCUT2D eigenvalue weighted by atomic mass is 10.1. The van der Waals surface area contributed by atoms with Gasteiger partial charge in [0.25, 0.3) is 0 Å². The Balaban J connectivity index is 2.05. The van der Waals surface area contributed by atoms with E-state index < -0.39 is 0 Å². The summed E-state index contributed by atoms with van der Waals surface area (Å²) in [7, 11) is 0. The maximum atomic E-state index is 11.2. The molecule has 2 N–H and O–H groups in total. The maximum absolute atomic E-state index is 11.2. The number of nitrogens with one attached hydrogen (secondary N) is 2. The zero-order valence-electron chi connectivity index (χ0n) is 9.96. The molecule has 2 heterocycles. The second kappa shape index (κ2) is 4.81. The highest BCUT2D eigenvalue weighted by atomic mass is 79.9. The molecule has 0 spiro atoms. The average Bonchev–Trinajstić information content (AvgIpc) is 2.90. The van der Waals surface area contributed by atoms with E-state index in [-0.39, 0.29) is 11.1 Å². The third-order valence-corrected chi connectivity index (χ3v) is 5.78. The molecule has 3 nitrogen and oxygen atoms in total. The molecule has 0 aliphatic rings. The fourth-order valence-electron chi connectivity index (χ4n) is 1.98. The molecule has 19 heavy (non-hydrogen) atoms. The van der Waals surface area contributed by atoms with Gasteiger partial charge in [-0.25, -0.2) is 4.79 Å². The maximum Gasteiger partial charge on any atom is 0.323 e. The first-order chi connectivity index (χ1) is 9.04. The van der Waals surface area contributed by atoms with Crippen LogP contribution in [0.1, 0.15) is 21.4 Å². The highest BCUT2D eigenvalue weighted by Crippen LogP contribution is 2.38. The molecule has 6 heteroatoms. The SMILES string of the molecule is Cc1cc(C(Cl)c2ccc3[nH]c(=O)[nH]c3c2)sc1Br. The summed E-state index contributed by atoms with van der Waals surface area (Å²) in [5, 5.41) is -0.210. The molecule has 0 aliphatic carbocycles. The van der Waals surface area contributed by atoms with Crippen molar-refractivity contribution in [3.8, 4) is 0 Å². The van der Waals surface area contributed by atoms with Crippen LogP contribution < -0.4 is 5.69 Å². The third kappa shape index (κ3) is 2.38. The molecule has 1 aromatic carbocycles. The lowest BCUT2D eigenvalue weighted by molar-refractivity contribution is 1.18. The Labute approximate surface area is 126 Å². The zero-order chi connectivity index (χ0) is 13.6. The standard InChI is InChI=1S/C13H10BrClN2OS/c1-6-4-10(19-12(6)14)11(15)7-2-3-8-9(5-7)17-13(18)16-8/h2-5,11H,1H3,(H2,16,17,18). The number of hydrogen-bond donors (Lipinski definition) is 2. The van der Waals surface area contributed by atoms with Crippen molar-refractivity contribution >= 4 is 49.9 Å². The van der Waals surface area contributed by atoms with E-state index in [1.807, 2.05) is 25.1 Å². The van der Waals surface area contributed by atoms with Crippen molar-refractivity contribution in [2.75, 3.05) is 0 Å². The van der Waals surface area contributed by atoms with Crippen molar-refractivity contribution in [2.45, 2.75) is 12.3 Å². The molecule has 3 rings (SSSR count). The van der Waals surface area contributed by atoms with Crippen molar-refractivity contribution in [1.29, 1.82) is 0 Å². The van der Waals surface area contributed by atoms with Crippen LogP contribution >= 0.6 is 38.9 Å². The Morgan fingerprint density at radius 1 is 1.26 bits per heavy atom. The van der Waals surface area contributed by atoms with Crippen molar-refractivity contribution < 1.29 is 0 Å². The van der Waals surface area contributed by atoms with Crippen LogP contribution in [0.2, 0.25) is 0 Å². The van der Waals surface area contributed by atoms with Crippen LogP contribution in [0, 0.1) is 6.92 Å². The Hall–Kier alpha value is -1.04. The first-order valence-corrected chi connectivity index (χ1v) is 7.71. The summed E-state index contributed by atoms with van der Waals surface area (Å²) in [6.07, 6.45) is 0. The second-order valence-corrected chi connectivity index (χ2v) is 7.19. The molecule has 0 saturated heterocycles. The highest BCUT2D eigenvalue weighted by molar-refractivity contribution is 9.11. The molecule has 1 unspecified atom stereocenters. The van der Waals surface area contributed by atoms with Gasteiger partial charge in [0.05, 0.1) is 20.2 Å². The van der Waals surface area contributed by atoms with Gasteiger partial charge in [0.1, 0.15) is 0 Å². The predicted molar refractivity (Wildman–Crippen MR) is 83.4 cm³/mol. The Bertz CT molecular complexity index is 785. The van der Waals surface area contributed by atoms with E-state index in [1.165, 1.54) is 5.56 Å². The number of alkyl halides is 1. The number of imidazole rings is 1. The molecule has 2 aromatic heterocycles. The average molecular weight is 358 g/mol. The second-order valence-electron chi connectivity index (χ2n) is 4.35. The highest BCUT2D eigenvalue weighted by Gasteiger charge is 2.15. The molecule has 1 atom stereocenters. The van der Waals surface area contributed by atoms with Gasteiger partial charge in [-0.2, -0.15) is 0 Å². The molecule has 0 saturated carbocycles. The van der Waals surface area contributed by atoms with Crippen molar-refractivity contribution in [2.24, 2.45) is 0 Å². The van der Waals surface area contributed by atoms with Crippen molar-refractivity contribution in [3.63, 3.8) is 0 Å². The largest absolute Gasteiger partial charge is 0.323 e. The minimum Gasteiger partial charge on any atom is -0.306 e. The van der Waals surface area contributed by atoms with Gasteiger partial charge in [-0.15, -0.1) is 22.9 Å². The van der Waals surface area contributed by atoms with Crippen LogP contribution in [0.5, 0.6) is 0 Å². The number of benzene rings is 1. The minimum absolute atomic E-state index is 0.201. The minimum atomic E-state index is -0.210. The Morgan fingerprint density at radius 2 is 2.00 bits per heavy atom. The summed E-state index contributed by atoms with van der Waals surface area (Å²) in [6.45, 7) is 2.04. The van der Waals surface area contributed by atoms with Crippen LogP contribution in [-0.2, 0) is 0 Å². The van der Waals surface area contributed by atoms with Crippen LogP contribution in [0.3, 0.4) is 0 Å². The van der Waals surface area contributed by atoms with E-state index in [2.05, 4.69) is 32.0 Å². The van der Waals surface area contributed by atoms with Gasteiger partial charge in [-0.3, -0.25) is 0 Å². The summed E-state index contributed by atoms with van der Waals surface area (Å²) in [4.78, 5) is 17.8. The van der Waals surface area contributed by atoms with E-state index in [0.717, 1.165) is 25.3 Å². The number of halogens is 2. The van der Waals surface area contributed by atoms with Crippen molar-refractivity contribution in [3.05, 3.63) is 54.5 Å². The smallest absolute Gasteiger partial charge is 0.306 e. The summed E-state index contributed by atoms with van der Waals surface area (Å²) in [6, 6.07) is 7.80. The molecule has 0 fully saturated rings. The summed E-state index contributed by atoms with van der Waals surface area (Å²) >= 11 is 11.7. The van der Waals surface area contributed by atoms with E-state index in [9.17, 15) is 4.79 Å². The van der Waals surface area contributed by atoms with E-state index >= 15 is 0 Å². The van der Waals surface area contributed by atoms with Crippen molar-refractivity contribution in [1.82, 2.24) is 9.97 Å². The fourth-order valence-corrected chi connectivity index (χ4v) is 3.89. The molecular formula is C13H10BrClN2OS. The molecule has 98 valence electrons. The topological polar surface area (TPSA) is 48.6 Å². The van der Waals surface area contributed by atoms with Gasteiger partial charge in [-0.05, 0) is 52.2 Å². The van der Waals surface area contributed by atoms with Crippen LogP contribution in [0.25, 0.3) is 11.0 Å². The summed E-state index contributed by atoms with van der Waals surface area (Å²) < 4.78 is 1.10. The number of aryl methyl sites for hydroxylation is 1. The summed E-state index contributed by atoms with van der Waals surface area (Å²) in [5.74, 6) is 0. The predicted octanol–water partition coefficient (Wildman–Crippen LogP) is 4.32. The molecule has 3 aromatic rings. The number of aromatic amines is 2. The molecular weight excluding hydrogens is 348 g/mol. The number of rotatable bonds is 2. The zero-order valence-corrected chi connectivity index (χ0v) is 13.1. The summed E-state index contributed by atoms with van der Waals surface area (Å²) in [5.41, 5.74) is 3.52. The molecule has 0 radical (unpaired) electrons. The van der Waals surface area contributed by atoms with Crippen LogP contribution in [0.4, 0.5) is 0 Å². The van der Waals surface area contributed by atoms with E-state index in [0.29, 0.717) is 0 Å². The first kappa shape index (κ1) is 13.0. The number of fused-ring (bicyclic) bond motifs is 1. The number of aromatic nitrogens is 2. The quantitative estimate of drug-likeness (QED) is 0.659. The van der Waals surface area contributed by atoms with Gasteiger partial charge in [0.2, 0.25) is 0 Å². The van der Waals surface area contributed by atoms with E-state index in [1.54, 1.807) is 11.3 Å².